The Labute approximate surface area is 187 Å². The highest BCUT2D eigenvalue weighted by atomic mass is 35.5. The Morgan fingerprint density at radius 1 is 1.16 bits per heavy atom. The van der Waals surface area contributed by atoms with Gasteiger partial charge in [-0.2, -0.15) is 4.31 Å². The van der Waals surface area contributed by atoms with Gasteiger partial charge in [0.15, 0.2) is 6.61 Å². The molecule has 0 radical (unpaired) electrons. The summed E-state index contributed by atoms with van der Waals surface area (Å²) < 4.78 is 50.7. The van der Waals surface area contributed by atoms with Crippen LogP contribution in [-0.4, -0.2) is 57.5 Å². The zero-order valence-corrected chi connectivity index (χ0v) is 18.3. The van der Waals surface area contributed by atoms with Crippen LogP contribution in [0, 0.1) is 5.82 Å². The summed E-state index contributed by atoms with van der Waals surface area (Å²) in [5, 5.41) is 2.74. The molecule has 1 N–H and O–H groups in total. The number of benzene rings is 2. The fourth-order valence-corrected chi connectivity index (χ4v) is 4.54. The minimum atomic E-state index is -3.94. The number of morpholine rings is 1. The van der Waals surface area contributed by atoms with Gasteiger partial charge in [-0.1, -0.05) is 29.3 Å². The lowest BCUT2D eigenvalue weighted by Crippen LogP contribution is -2.40. The van der Waals surface area contributed by atoms with Crippen molar-refractivity contribution in [1.82, 2.24) is 4.31 Å². The van der Waals surface area contributed by atoms with Gasteiger partial charge in [0.1, 0.15) is 5.82 Å². The summed E-state index contributed by atoms with van der Waals surface area (Å²) in [4.78, 5) is 24.0. The molecule has 2 aromatic rings. The Bertz CT molecular complexity index is 1110. The van der Waals surface area contributed by atoms with E-state index in [1.54, 1.807) is 6.07 Å². The van der Waals surface area contributed by atoms with Crippen LogP contribution in [0.15, 0.2) is 41.3 Å². The highest BCUT2D eigenvalue weighted by Crippen LogP contribution is 2.29. The molecule has 2 aromatic carbocycles. The van der Waals surface area contributed by atoms with E-state index in [-0.39, 0.29) is 46.9 Å². The fraction of sp³-hybridized carbons (Fsp3) is 0.263. The van der Waals surface area contributed by atoms with E-state index in [4.69, 9.17) is 32.7 Å². The monoisotopic (exact) mass is 490 g/mol. The number of esters is 1. The van der Waals surface area contributed by atoms with Crippen LogP contribution in [0.5, 0.6) is 0 Å². The number of amides is 1. The van der Waals surface area contributed by atoms with Crippen LogP contribution >= 0.6 is 23.2 Å². The van der Waals surface area contributed by atoms with E-state index in [0.717, 1.165) is 18.2 Å². The van der Waals surface area contributed by atoms with Crippen molar-refractivity contribution in [3.8, 4) is 0 Å². The van der Waals surface area contributed by atoms with Crippen molar-refractivity contribution in [2.45, 2.75) is 4.90 Å². The van der Waals surface area contributed by atoms with Gasteiger partial charge in [-0.05, 0) is 30.3 Å². The molecule has 0 atom stereocenters. The summed E-state index contributed by atoms with van der Waals surface area (Å²) in [6.45, 7) is 0.0150. The minimum absolute atomic E-state index is 0.107. The van der Waals surface area contributed by atoms with Crippen molar-refractivity contribution in [3.63, 3.8) is 0 Å². The van der Waals surface area contributed by atoms with E-state index in [0.29, 0.717) is 0 Å². The molecule has 31 heavy (non-hydrogen) atoms. The van der Waals surface area contributed by atoms with Gasteiger partial charge in [-0.15, -0.1) is 0 Å². The van der Waals surface area contributed by atoms with E-state index < -0.39 is 39.9 Å². The number of anilines is 1. The number of hydrogen-bond donors (Lipinski definition) is 1. The third kappa shape index (κ3) is 5.52. The van der Waals surface area contributed by atoms with Gasteiger partial charge in [0, 0.05) is 13.1 Å². The van der Waals surface area contributed by atoms with E-state index in [1.807, 2.05) is 0 Å². The number of carbonyl (C=O) groups excluding carboxylic acids is 2. The Kier molecular flexibility index (Phi) is 7.50. The highest BCUT2D eigenvalue weighted by molar-refractivity contribution is 7.89. The third-order valence-electron chi connectivity index (χ3n) is 4.33. The Hall–Kier alpha value is -2.24. The lowest BCUT2D eigenvalue weighted by atomic mass is 10.2. The maximum Gasteiger partial charge on any atom is 0.341 e. The SMILES string of the molecule is O=C(COC(=O)c1cc(S(=O)(=O)N2CCOCC2)ccc1F)Nc1cccc(Cl)c1Cl. The van der Waals surface area contributed by atoms with E-state index in [2.05, 4.69) is 5.32 Å². The summed E-state index contributed by atoms with van der Waals surface area (Å²) in [5.74, 6) is -2.91. The second-order valence-corrected chi connectivity index (χ2v) is 9.11. The lowest BCUT2D eigenvalue weighted by molar-refractivity contribution is -0.119. The normalized spacial score (nSPS) is 14.8. The number of hydrogen-bond acceptors (Lipinski definition) is 6. The molecule has 1 heterocycles. The predicted octanol–water partition coefficient (Wildman–Crippen LogP) is 2.95. The number of nitrogens with zero attached hydrogens (tertiary/aromatic N) is 1. The second-order valence-electron chi connectivity index (χ2n) is 6.38. The van der Waals surface area contributed by atoms with Gasteiger partial charge in [0.05, 0.1) is 39.4 Å². The summed E-state index contributed by atoms with van der Waals surface area (Å²) in [5.41, 5.74) is -0.400. The Morgan fingerprint density at radius 3 is 2.58 bits per heavy atom. The highest BCUT2D eigenvalue weighted by Gasteiger charge is 2.28. The quantitative estimate of drug-likeness (QED) is 0.624. The molecule has 1 fully saturated rings. The molecule has 0 bridgehead atoms. The van der Waals surface area contributed by atoms with Crippen molar-refractivity contribution in [1.29, 1.82) is 0 Å². The Balaban J connectivity index is 1.69. The molecule has 1 saturated heterocycles. The molecule has 1 aliphatic heterocycles. The van der Waals surface area contributed by atoms with Crippen LogP contribution in [0.4, 0.5) is 10.1 Å². The first-order valence-electron chi connectivity index (χ1n) is 8.98. The number of ether oxygens (including phenoxy) is 2. The van der Waals surface area contributed by atoms with E-state index >= 15 is 0 Å². The van der Waals surface area contributed by atoms with Crippen molar-refractivity contribution in [3.05, 3.63) is 57.8 Å². The van der Waals surface area contributed by atoms with Crippen LogP contribution in [0.1, 0.15) is 10.4 Å². The van der Waals surface area contributed by atoms with Crippen molar-refractivity contribution < 1.29 is 31.9 Å². The number of halogens is 3. The van der Waals surface area contributed by atoms with Crippen molar-refractivity contribution in [2.75, 3.05) is 38.2 Å². The number of nitrogens with one attached hydrogen (secondary N) is 1. The molecular weight excluding hydrogens is 474 g/mol. The summed E-state index contributed by atoms with van der Waals surface area (Å²) in [7, 11) is -3.94. The topological polar surface area (TPSA) is 102 Å². The lowest BCUT2D eigenvalue weighted by Gasteiger charge is -2.26. The third-order valence-corrected chi connectivity index (χ3v) is 7.04. The molecule has 0 aliphatic carbocycles. The molecule has 166 valence electrons. The van der Waals surface area contributed by atoms with Crippen molar-refractivity contribution >= 4 is 50.8 Å². The molecule has 1 amide bonds. The first-order valence-corrected chi connectivity index (χ1v) is 11.2. The molecule has 0 saturated carbocycles. The molecule has 0 aromatic heterocycles. The maximum absolute atomic E-state index is 14.2. The Morgan fingerprint density at radius 2 is 1.87 bits per heavy atom. The van der Waals surface area contributed by atoms with Crippen LogP contribution < -0.4 is 5.32 Å². The van der Waals surface area contributed by atoms with Gasteiger partial charge in [-0.3, -0.25) is 4.79 Å². The summed E-state index contributed by atoms with van der Waals surface area (Å²) in [6, 6.07) is 7.38. The molecule has 1 aliphatic rings. The second kappa shape index (κ2) is 9.92. The standard InChI is InChI=1S/C19H17Cl2FN2O6S/c20-14-2-1-3-16(18(14)21)23-17(25)11-30-19(26)13-10-12(4-5-15(13)22)31(27,28)24-6-8-29-9-7-24/h1-5,10H,6-9,11H2,(H,23,25). The molecule has 0 unspecified atom stereocenters. The summed E-state index contributed by atoms with van der Waals surface area (Å²) in [6.07, 6.45) is 0. The first-order chi connectivity index (χ1) is 14.7. The molecule has 0 spiro atoms. The molecule has 12 heteroatoms. The summed E-state index contributed by atoms with van der Waals surface area (Å²) >= 11 is 11.8. The van der Waals surface area contributed by atoms with Crippen molar-refractivity contribution in [2.24, 2.45) is 0 Å². The number of carbonyl (C=O) groups is 2. The fourth-order valence-electron chi connectivity index (χ4n) is 2.75. The van der Waals surface area contributed by atoms with Gasteiger partial charge in [0.25, 0.3) is 5.91 Å². The first kappa shape index (κ1) is 23.4. The zero-order chi connectivity index (χ0) is 22.6. The van der Waals surface area contributed by atoms with Crippen LogP contribution in [0.2, 0.25) is 10.0 Å². The van der Waals surface area contributed by atoms with Gasteiger partial charge in [0.2, 0.25) is 10.0 Å². The van der Waals surface area contributed by atoms with Gasteiger partial charge < -0.3 is 14.8 Å². The van der Waals surface area contributed by atoms with Crippen LogP contribution in [-0.2, 0) is 24.3 Å². The largest absolute Gasteiger partial charge is 0.452 e. The smallest absolute Gasteiger partial charge is 0.341 e. The predicted molar refractivity (Wildman–Crippen MR) is 111 cm³/mol. The van der Waals surface area contributed by atoms with Crippen LogP contribution in [0.3, 0.4) is 0 Å². The number of sulfonamides is 1. The van der Waals surface area contributed by atoms with E-state index in [9.17, 15) is 22.4 Å². The van der Waals surface area contributed by atoms with E-state index in [1.165, 1.54) is 16.4 Å². The zero-order valence-electron chi connectivity index (χ0n) is 15.9. The average Bonchev–Trinajstić information content (AvgIpc) is 2.76. The van der Waals surface area contributed by atoms with Gasteiger partial charge >= 0.3 is 5.97 Å². The number of rotatable bonds is 6. The average molecular weight is 491 g/mol. The molecule has 3 rings (SSSR count). The minimum Gasteiger partial charge on any atom is -0.452 e. The molecular formula is C19H17Cl2FN2O6S. The van der Waals surface area contributed by atoms with Crippen LogP contribution in [0.25, 0.3) is 0 Å². The van der Waals surface area contributed by atoms with Gasteiger partial charge in [-0.25, -0.2) is 17.6 Å². The molecule has 8 nitrogen and oxygen atoms in total. The maximum atomic E-state index is 14.2.